The van der Waals surface area contributed by atoms with Crippen LogP contribution in [0.4, 0.5) is 0 Å². The molecule has 0 spiro atoms. The summed E-state index contributed by atoms with van der Waals surface area (Å²) in [6.07, 6.45) is 12.7. The van der Waals surface area contributed by atoms with Gasteiger partial charge in [0, 0.05) is 31.5 Å². The fourth-order valence-corrected chi connectivity index (χ4v) is 2.66. The second-order valence-electron chi connectivity index (χ2n) is 4.89. The molecule has 0 bridgehead atoms. The van der Waals surface area contributed by atoms with Crippen molar-refractivity contribution in [2.45, 2.75) is 51.6 Å². The number of aromatic nitrogens is 2. The highest BCUT2D eigenvalue weighted by Gasteiger charge is 2.19. The van der Waals surface area contributed by atoms with Crippen molar-refractivity contribution in [1.82, 2.24) is 14.9 Å². The van der Waals surface area contributed by atoms with Crippen LogP contribution in [0.25, 0.3) is 0 Å². The second kappa shape index (κ2) is 6.04. The van der Waals surface area contributed by atoms with Crippen LogP contribution in [0.15, 0.2) is 18.7 Å². The number of nitrogens with zero attached hydrogens (tertiary/aromatic N) is 2. The van der Waals surface area contributed by atoms with Gasteiger partial charge in [0.05, 0.1) is 6.33 Å². The molecule has 1 aliphatic carbocycles. The zero-order chi connectivity index (χ0) is 11.2. The van der Waals surface area contributed by atoms with E-state index in [-0.39, 0.29) is 0 Å². The molecule has 3 heteroatoms. The average Bonchev–Trinajstić information content (AvgIpc) is 2.82. The molecular weight excluding hydrogens is 198 g/mol. The first-order valence-electron chi connectivity index (χ1n) is 6.57. The van der Waals surface area contributed by atoms with Crippen LogP contribution >= 0.6 is 0 Å². The third-order valence-electron chi connectivity index (χ3n) is 3.72. The van der Waals surface area contributed by atoms with E-state index in [1.165, 1.54) is 32.1 Å². The molecule has 0 aliphatic heterocycles. The topological polar surface area (TPSA) is 29.9 Å². The molecule has 1 aromatic rings. The third kappa shape index (κ3) is 3.34. The summed E-state index contributed by atoms with van der Waals surface area (Å²) in [5.41, 5.74) is 0. The SMILES string of the molecule is CCC1CCCC(NCCn2ccnc2)C1. The summed E-state index contributed by atoms with van der Waals surface area (Å²) in [6, 6.07) is 0.752. The minimum atomic E-state index is 0.752. The Morgan fingerprint density at radius 2 is 2.38 bits per heavy atom. The highest BCUT2D eigenvalue weighted by Crippen LogP contribution is 2.26. The van der Waals surface area contributed by atoms with Crippen LogP contribution in [0.2, 0.25) is 0 Å². The van der Waals surface area contributed by atoms with E-state index < -0.39 is 0 Å². The van der Waals surface area contributed by atoms with Crippen LogP contribution in [0.1, 0.15) is 39.0 Å². The summed E-state index contributed by atoms with van der Waals surface area (Å²) < 4.78 is 2.13. The maximum atomic E-state index is 4.05. The van der Waals surface area contributed by atoms with Crippen LogP contribution in [0.3, 0.4) is 0 Å². The number of imidazole rings is 1. The van der Waals surface area contributed by atoms with Gasteiger partial charge in [-0.25, -0.2) is 4.98 Å². The number of nitrogens with one attached hydrogen (secondary N) is 1. The molecule has 0 aromatic carbocycles. The fraction of sp³-hybridized carbons (Fsp3) is 0.769. The van der Waals surface area contributed by atoms with Crippen molar-refractivity contribution in [3.8, 4) is 0 Å². The number of hydrogen-bond donors (Lipinski definition) is 1. The lowest BCUT2D eigenvalue weighted by atomic mass is 9.84. The van der Waals surface area contributed by atoms with Crippen molar-refractivity contribution in [3.63, 3.8) is 0 Å². The van der Waals surface area contributed by atoms with Crippen molar-refractivity contribution < 1.29 is 0 Å². The molecule has 0 saturated heterocycles. The smallest absolute Gasteiger partial charge is 0.0946 e. The second-order valence-corrected chi connectivity index (χ2v) is 4.89. The zero-order valence-electron chi connectivity index (χ0n) is 10.2. The molecule has 0 amide bonds. The molecule has 2 rings (SSSR count). The van der Waals surface area contributed by atoms with Gasteiger partial charge < -0.3 is 9.88 Å². The molecule has 1 heterocycles. The molecule has 90 valence electrons. The van der Waals surface area contributed by atoms with Crippen molar-refractivity contribution >= 4 is 0 Å². The molecule has 1 saturated carbocycles. The molecule has 1 aromatic heterocycles. The average molecular weight is 221 g/mol. The zero-order valence-corrected chi connectivity index (χ0v) is 10.2. The normalized spacial score (nSPS) is 25.8. The van der Waals surface area contributed by atoms with Crippen LogP contribution in [0, 0.1) is 5.92 Å². The predicted molar refractivity (Wildman–Crippen MR) is 66.3 cm³/mol. The number of rotatable bonds is 5. The minimum absolute atomic E-state index is 0.752. The molecular formula is C13H23N3. The Kier molecular flexibility index (Phi) is 4.40. The molecule has 1 fully saturated rings. The van der Waals surface area contributed by atoms with Gasteiger partial charge in [-0.2, -0.15) is 0 Å². The Hall–Kier alpha value is -0.830. The maximum Gasteiger partial charge on any atom is 0.0946 e. The van der Waals surface area contributed by atoms with E-state index in [1.807, 2.05) is 18.7 Å². The molecule has 1 N–H and O–H groups in total. The lowest BCUT2D eigenvalue weighted by Crippen LogP contribution is -2.35. The van der Waals surface area contributed by atoms with Gasteiger partial charge in [-0.15, -0.1) is 0 Å². The largest absolute Gasteiger partial charge is 0.336 e. The highest BCUT2D eigenvalue weighted by atomic mass is 15.0. The van der Waals surface area contributed by atoms with E-state index in [1.54, 1.807) is 0 Å². The minimum Gasteiger partial charge on any atom is -0.336 e. The van der Waals surface area contributed by atoms with Crippen LogP contribution in [-0.2, 0) is 6.54 Å². The van der Waals surface area contributed by atoms with Gasteiger partial charge in [-0.1, -0.05) is 26.2 Å². The molecule has 16 heavy (non-hydrogen) atoms. The van der Waals surface area contributed by atoms with Crippen LogP contribution in [-0.4, -0.2) is 22.1 Å². The van der Waals surface area contributed by atoms with E-state index in [9.17, 15) is 0 Å². The van der Waals surface area contributed by atoms with Gasteiger partial charge in [0.2, 0.25) is 0 Å². The van der Waals surface area contributed by atoms with Gasteiger partial charge in [-0.3, -0.25) is 0 Å². The standard InChI is InChI=1S/C13H23N3/c1-2-12-4-3-5-13(10-12)15-7-9-16-8-6-14-11-16/h6,8,11-13,15H,2-5,7,9-10H2,1H3. The molecule has 0 radical (unpaired) electrons. The highest BCUT2D eigenvalue weighted by molar-refractivity contribution is 4.78. The summed E-state index contributed by atoms with van der Waals surface area (Å²) in [6.45, 7) is 4.42. The Labute approximate surface area is 98.3 Å². The molecule has 2 unspecified atom stereocenters. The van der Waals surface area contributed by atoms with Crippen LogP contribution in [0.5, 0.6) is 0 Å². The van der Waals surface area contributed by atoms with Gasteiger partial charge >= 0.3 is 0 Å². The van der Waals surface area contributed by atoms with Gasteiger partial charge in [0.15, 0.2) is 0 Å². The number of hydrogen-bond acceptors (Lipinski definition) is 2. The molecule has 2 atom stereocenters. The Morgan fingerprint density at radius 1 is 1.44 bits per heavy atom. The Morgan fingerprint density at radius 3 is 3.12 bits per heavy atom. The van der Waals surface area contributed by atoms with E-state index in [4.69, 9.17) is 0 Å². The fourth-order valence-electron chi connectivity index (χ4n) is 2.66. The van der Waals surface area contributed by atoms with Crippen molar-refractivity contribution in [2.75, 3.05) is 6.54 Å². The quantitative estimate of drug-likeness (QED) is 0.827. The Bertz CT molecular complexity index is 281. The van der Waals surface area contributed by atoms with E-state index >= 15 is 0 Å². The first-order chi connectivity index (χ1) is 7.88. The van der Waals surface area contributed by atoms with Crippen molar-refractivity contribution in [3.05, 3.63) is 18.7 Å². The van der Waals surface area contributed by atoms with Gasteiger partial charge in [-0.05, 0) is 18.8 Å². The van der Waals surface area contributed by atoms with E-state index in [0.717, 1.165) is 25.0 Å². The predicted octanol–water partition coefficient (Wildman–Crippen LogP) is 2.44. The molecule has 3 nitrogen and oxygen atoms in total. The summed E-state index contributed by atoms with van der Waals surface area (Å²) >= 11 is 0. The first-order valence-corrected chi connectivity index (χ1v) is 6.57. The lowest BCUT2D eigenvalue weighted by Gasteiger charge is -2.29. The maximum absolute atomic E-state index is 4.05. The van der Waals surface area contributed by atoms with Gasteiger partial charge in [0.25, 0.3) is 0 Å². The summed E-state index contributed by atoms with van der Waals surface area (Å²) in [5.74, 6) is 0.958. The van der Waals surface area contributed by atoms with Crippen LogP contribution < -0.4 is 5.32 Å². The lowest BCUT2D eigenvalue weighted by molar-refractivity contribution is 0.277. The van der Waals surface area contributed by atoms with Crippen molar-refractivity contribution in [2.24, 2.45) is 5.92 Å². The summed E-state index contributed by atoms with van der Waals surface area (Å²) in [4.78, 5) is 4.05. The first kappa shape index (κ1) is 11.6. The van der Waals surface area contributed by atoms with Crippen molar-refractivity contribution in [1.29, 1.82) is 0 Å². The van der Waals surface area contributed by atoms with E-state index in [2.05, 4.69) is 21.8 Å². The Balaban J connectivity index is 1.65. The molecule has 1 aliphatic rings. The third-order valence-corrected chi connectivity index (χ3v) is 3.72. The summed E-state index contributed by atoms with van der Waals surface area (Å²) in [7, 11) is 0. The van der Waals surface area contributed by atoms with E-state index in [0.29, 0.717) is 0 Å². The monoisotopic (exact) mass is 221 g/mol. The van der Waals surface area contributed by atoms with Gasteiger partial charge in [0.1, 0.15) is 0 Å². The summed E-state index contributed by atoms with van der Waals surface area (Å²) in [5, 5.41) is 3.68.